The van der Waals surface area contributed by atoms with E-state index in [0.29, 0.717) is 22.3 Å². The maximum Gasteiger partial charge on any atom is 0.326 e. The molecule has 3 atom stereocenters. The molecule has 0 spiro atoms. The summed E-state index contributed by atoms with van der Waals surface area (Å²) in [5, 5.41) is 9.03. The van der Waals surface area contributed by atoms with Gasteiger partial charge in [0, 0.05) is 31.4 Å². The van der Waals surface area contributed by atoms with Gasteiger partial charge in [-0.2, -0.15) is 0 Å². The summed E-state index contributed by atoms with van der Waals surface area (Å²) in [5.41, 5.74) is 3.30. The number of allylic oxidation sites excluding steroid dienone is 2. The number of carbonyl (C=O) groups excluding carboxylic acids is 2. The zero-order valence-corrected chi connectivity index (χ0v) is 25.8. The number of rotatable bonds is 7. The van der Waals surface area contributed by atoms with Crippen LogP contribution in [0.25, 0.3) is 11.3 Å². The van der Waals surface area contributed by atoms with Crippen molar-refractivity contribution in [2.45, 2.75) is 39.7 Å². The molecule has 0 bridgehead atoms. The Kier molecular flexibility index (Phi) is 8.71. The van der Waals surface area contributed by atoms with Crippen LogP contribution in [-0.2, 0) is 4.79 Å². The molecule has 10 heteroatoms. The first kappa shape index (κ1) is 28.6. The Morgan fingerprint density at radius 3 is 2.67 bits per heavy atom. The van der Waals surface area contributed by atoms with Crippen LogP contribution in [0.2, 0.25) is 5.02 Å². The number of hydrogen-bond donors (Lipinski definition) is 2. The summed E-state index contributed by atoms with van der Waals surface area (Å²) < 4.78 is 0. The van der Waals surface area contributed by atoms with Crippen LogP contribution < -0.4 is 15.5 Å². The number of nitrogens with zero attached hydrogens (tertiary/aromatic N) is 2. The molecule has 1 aromatic heterocycles. The largest absolute Gasteiger partial charge is 0.326 e. The van der Waals surface area contributed by atoms with Crippen LogP contribution >= 0.6 is 46.5 Å². The highest BCUT2D eigenvalue weighted by molar-refractivity contribution is 8.00. The van der Waals surface area contributed by atoms with Crippen LogP contribution in [0.1, 0.15) is 13.3 Å². The molecule has 2 N–H and O–H groups in total. The average Bonchev–Trinajstić information content (AvgIpc) is 3.47. The van der Waals surface area contributed by atoms with E-state index in [2.05, 4.69) is 33.8 Å². The van der Waals surface area contributed by atoms with Crippen molar-refractivity contribution in [2.75, 3.05) is 15.5 Å². The second-order valence-electron chi connectivity index (χ2n) is 9.69. The zero-order valence-electron chi connectivity index (χ0n) is 22.6. The van der Waals surface area contributed by atoms with Crippen molar-refractivity contribution in [3.8, 4) is 11.3 Å². The Labute approximate surface area is 262 Å². The second kappa shape index (κ2) is 12.8. The molecule has 212 valence electrons. The van der Waals surface area contributed by atoms with Gasteiger partial charge < -0.3 is 10.6 Å². The lowest BCUT2D eigenvalue weighted by atomic mass is 10.1. The molecule has 3 amide bonds. The van der Waals surface area contributed by atoms with Gasteiger partial charge in [0.15, 0.2) is 5.13 Å². The van der Waals surface area contributed by atoms with Crippen LogP contribution in [0.5, 0.6) is 0 Å². The Bertz CT molecular complexity index is 1670. The minimum atomic E-state index is -0.329. The smallest absolute Gasteiger partial charge is 0.307 e. The quantitative estimate of drug-likeness (QED) is 0.199. The van der Waals surface area contributed by atoms with Gasteiger partial charge in [0.25, 0.3) is 0 Å². The molecule has 6 nitrogen and oxygen atoms in total. The first-order chi connectivity index (χ1) is 20.5. The third-order valence-electron chi connectivity index (χ3n) is 6.86. The molecule has 1 aliphatic carbocycles. The SMILES string of the molecule is CCC(Sc1cccc(NC(=O)N2c3ccccc3SC3C=CC=CC32)c1)C(=O)Nc1nc(-c2ccc(Cl)cc2)cs1. The molecule has 0 saturated heterocycles. The monoisotopic (exact) mass is 630 g/mol. The fourth-order valence-electron chi connectivity index (χ4n) is 4.81. The summed E-state index contributed by atoms with van der Waals surface area (Å²) in [6.45, 7) is 1.98. The molecule has 3 unspecified atom stereocenters. The van der Waals surface area contributed by atoms with Crippen LogP contribution in [0, 0.1) is 0 Å². The normalized spacial score (nSPS) is 17.7. The standard InChI is InChI=1S/C32H27ClN4O2S3/c1-2-27(30(38)36-31-35-24(19-40-31)20-14-16-21(33)17-15-20)41-23-9-7-8-22(18-23)34-32(39)37-25-10-3-5-12-28(25)42-29-13-6-4-11-26(29)37/h3-19,25,27-28H,2H2,1H3,(H,34,39)(H,35,36,38). The average molecular weight is 631 g/mol. The number of hydrogen-bond acceptors (Lipinski definition) is 6. The molecule has 2 heterocycles. The van der Waals surface area contributed by atoms with E-state index in [9.17, 15) is 9.59 Å². The summed E-state index contributed by atoms with van der Waals surface area (Å²) in [4.78, 5) is 35.2. The van der Waals surface area contributed by atoms with Gasteiger partial charge in [0.05, 0.1) is 27.9 Å². The van der Waals surface area contributed by atoms with Crippen molar-refractivity contribution in [1.29, 1.82) is 0 Å². The van der Waals surface area contributed by atoms with E-state index < -0.39 is 0 Å². The molecule has 2 aliphatic rings. The number of benzene rings is 3. The topological polar surface area (TPSA) is 74.3 Å². The van der Waals surface area contributed by atoms with Gasteiger partial charge in [-0.25, -0.2) is 9.78 Å². The number of anilines is 3. The molecule has 0 fully saturated rings. The van der Waals surface area contributed by atoms with Gasteiger partial charge in [0.2, 0.25) is 5.91 Å². The number of aromatic nitrogens is 1. The lowest BCUT2D eigenvalue weighted by Crippen LogP contribution is -2.49. The van der Waals surface area contributed by atoms with E-state index in [-0.39, 0.29) is 28.5 Å². The maximum absolute atomic E-state index is 13.7. The molecule has 42 heavy (non-hydrogen) atoms. The first-order valence-electron chi connectivity index (χ1n) is 13.5. The summed E-state index contributed by atoms with van der Waals surface area (Å²) >= 11 is 10.6. The van der Waals surface area contributed by atoms with Crippen molar-refractivity contribution < 1.29 is 9.59 Å². The summed E-state index contributed by atoms with van der Waals surface area (Å²) in [5.74, 6) is -0.112. The van der Waals surface area contributed by atoms with Gasteiger partial charge in [-0.3, -0.25) is 9.69 Å². The Morgan fingerprint density at radius 1 is 1.02 bits per heavy atom. The van der Waals surface area contributed by atoms with Gasteiger partial charge in [-0.15, -0.1) is 34.9 Å². The highest BCUT2D eigenvalue weighted by Gasteiger charge is 2.36. The number of para-hydroxylation sites is 1. The highest BCUT2D eigenvalue weighted by atomic mass is 35.5. The number of nitrogens with one attached hydrogen (secondary N) is 2. The van der Waals surface area contributed by atoms with Crippen LogP contribution in [0.3, 0.4) is 0 Å². The van der Waals surface area contributed by atoms with Gasteiger partial charge >= 0.3 is 6.03 Å². The van der Waals surface area contributed by atoms with Crippen LogP contribution in [0.4, 0.5) is 21.3 Å². The van der Waals surface area contributed by atoms with Crippen LogP contribution in [-0.4, -0.2) is 33.5 Å². The Morgan fingerprint density at radius 2 is 1.83 bits per heavy atom. The second-order valence-corrected chi connectivity index (χ2v) is 13.5. The van der Waals surface area contributed by atoms with E-state index in [0.717, 1.165) is 26.7 Å². The van der Waals surface area contributed by atoms with Gasteiger partial charge in [-0.1, -0.05) is 73.2 Å². The molecule has 4 aromatic rings. The molecule has 3 aromatic carbocycles. The fraction of sp³-hybridized carbons (Fsp3) is 0.156. The number of urea groups is 1. The fourth-order valence-corrected chi connectivity index (χ4v) is 7.93. The number of amides is 3. The predicted octanol–water partition coefficient (Wildman–Crippen LogP) is 8.98. The number of thiazole rings is 1. The molecule has 6 rings (SSSR count). The molecule has 0 radical (unpaired) electrons. The summed E-state index contributed by atoms with van der Waals surface area (Å²) in [7, 11) is 0. The van der Waals surface area contributed by atoms with E-state index in [1.165, 1.54) is 23.1 Å². The van der Waals surface area contributed by atoms with Crippen molar-refractivity contribution in [3.63, 3.8) is 0 Å². The molecular weight excluding hydrogens is 604 g/mol. The number of carbonyl (C=O) groups is 2. The van der Waals surface area contributed by atoms with Crippen molar-refractivity contribution >= 4 is 74.9 Å². The maximum atomic E-state index is 13.7. The zero-order chi connectivity index (χ0) is 29.1. The summed E-state index contributed by atoms with van der Waals surface area (Å²) in [6, 6.07) is 22.8. The minimum absolute atomic E-state index is 0.0771. The van der Waals surface area contributed by atoms with E-state index in [1.54, 1.807) is 11.8 Å². The van der Waals surface area contributed by atoms with Crippen molar-refractivity contribution in [1.82, 2.24) is 4.98 Å². The minimum Gasteiger partial charge on any atom is -0.307 e. The van der Waals surface area contributed by atoms with E-state index >= 15 is 0 Å². The summed E-state index contributed by atoms with van der Waals surface area (Å²) in [6.07, 6.45) is 8.88. The lowest BCUT2D eigenvalue weighted by molar-refractivity contribution is -0.115. The van der Waals surface area contributed by atoms with Crippen molar-refractivity contribution in [2.24, 2.45) is 0 Å². The van der Waals surface area contributed by atoms with Gasteiger partial charge in [0.1, 0.15) is 0 Å². The third kappa shape index (κ3) is 6.29. The predicted molar refractivity (Wildman–Crippen MR) is 177 cm³/mol. The van der Waals surface area contributed by atoms with E-state index in [4.69, 9.17) is 11.6 Å². The Hall–Kier alpha value is -3.50. The van der Waals surface area contributed by atoms with E-state index in [1.807, 2.05) is 96.1 Å². The third-order valence-corrected chi connectivity index (χ3v) is 10.5. The molecular formula is C32H27ClN4O2S3. The number of halogens is 1. The highest BCUT2D eigenvalue weighted by Crippen LogP contribution is 2.43. The van der Waals surface area contributed by atoms with Crippen LogP contribution in [0.15, 0.2) is 112 Å². The first-order valence-corrected chi connectivity index (χ1v) is 16.5. The molecule has 0 saturated carbocycles. The Balaban J connectivity index is 1.13. The number of thioether (sulfide) groups is 2. The number of fused-ring (bicyclic) bond motifs is 2. The lowest BCUT2D eigenvalue weighted by Gasteiger charge is -2.40. The van der Waals surface area contributed by atoms with Gasteiger partial charge in [-0.05, 0) is 48.9 Å². The molecule has 1 aliphatic heterocycles. The van der Waals surface area contributed by atoms with Crippen molar-refractivity contribution in [3.05, 3.63) is 108 Å².